The predicted molar refractivity (Wildman–Crippen MR) is 121 cm³/mol. The summed E-state index contributed by atoms with van der Waals surface area (Å²) in [6, 6.07) is 0. The lowest BCUT2D eigenvalue weighted by atomic mass is 10.1. The highest BCUT2D eigenvalue weighted by Gasteiger charge is 2.32. The molecule has 1 aliphatic rings. The Morgan fingerprint density at radius 2 is 2.14 bits per heavy atom. The molecule has 1 aromatic rings. The number of unbranched alkanes of at least 4 members (excludes halogenated alkanes) is 1. The molecule has 0 amide bonds. The highest BCUT2D eigenvalue weighted by Crippen LogP contribution is 2.21. The number of aliphatic imine (C=N–C) groups is 1. The number of hydrogen-bond acceptors (Lipinski definition) is 3. The van der Waals surface area contributed by atoms with Crippen LogP contribution in [0.2, 0.25) is 0 Å². The summed E-state index contributed by atoms with van der Waals surface area (Å²) in [5, 5.41) is 3.39. The van der Waals surface area contributed by atoms with Crippen LogP contribution < -0.4 is 5.32 Å². The molecule has 1 saturated heterocycles. The molecule has 2 rings (SSSR count). The SMILES string of the molecule is CCN(CC1CCN(C(=NC)NCCCCn2ccnc2C)C1)CC(F)(F)F.I. The summed E-state index contributed by atoms with van der Waals surface area (Å²) in [5.41, 5.74) is 0. The number of nitrogens with one attached hydrogen (secondary N) is 1. The second kappa shape index (κ2) is 12.6. The third kappa shape index (κ3) is 9.10. The van der Waals surface area contributed by atoms with E-state index in [0.29, 0.717) is 13.1 Å². The molecule has 0 bridgehead atoms. The minimum absolute atomic E-state index is 0. The minimum atomic E-state index is -4.14. The van der Waals surface area contributed by atoms with Gasteiger partial charge in [-0.05, 0) is 38.6 Å². The molecule has 1 aliphatic heterocycles. The molecule has 168 valence electrons. The second-order valence-electron chi connectivity index (χ2n) is 7.39. The van der Waals surface area contributed by atoms with Gasteiger partial charge in [-0.1, -0.05) is 6.92 Å². The van der Waals surface area contributed by atoms with Crippen LogP contribution in [0.25, 0.3) is 0 Å². The van der Waals surface area contributed by atoms with Gasteiger partial charge in [-0.15, -0.1) is 24.0 Å². The van der Waals surface area contributed by atoms with Crippen molar-refractivity contribution < 1.29 is 13.2 Å². The highest BCUT2D eigenvalue weighted by molar-refractivity contribution is 14.0. The molecular formula is C19H34F3IN6. The van der Waals surface area contributed by atoms with Gasteiger partial charge in [-0.2, -0.15) is 13.2 Å². The van der Waals surface area contributed by atoms with E-state index in [-0.39, 0.29) is 29.9 Å². The fourth-order valence-corrected chi connectivity index (χ4v) is 3.68. The Morgan fingerprint density at radius 1 is 1.38 bits per heavy atom. The summed E-state index contributed by atoms with van der Waals surface area (Å²) in [4.78, 5) is 12.2. The van der Waals surface area contributed by atoms with E-state index < -0.39 is 12.7 Å². The van der Waals surface area contributed by atoms with Crippen molar-refractivity contribution in [3.63, 3.8) is 0 Å². The van der Waals surface area contributed by atoms with E-state index in [1.807, 2.05) is 19.3 Å². The van der Waals surface area contributed by atoms with E-state index in [0.717, 1.165) is 57.2 Å². The van der Waals surface area contributed by atoms with Gasteiger partial charge in [0.2, 0.25) is 0 Å². The van der Waals surface area contributed by atoms with Gasteiger partial charge in [-0.25, -0.2) is 4.98 Å². The zero-order valence-electron chi connectivity index (χ0n) is 17.6. The predicted octanol–water partition coefficient (Wildman–Crippen LogP) is 3.37. The number of rotatable bonds is 9. The van der Waals surface area contributed by atoms with E-state index in [1.54, 1.807) is 14.0 Å². The van der Waals surface area contributed by atoms with Crippen molar-refractivity contribution in [2.75, 3.05) is 46.3 Å². The largest absolute Gasteiger partial charge is 0.401 e. The topological polar surface area (TPSA) is 48.7 Å². The normalized spacial score (nSPS) is 17.7. The van der Waals surface area contributed by atoms with Crippen LogP contribution in [0.3, 0.4) is 0 Å². The Labute approximate surface area is 189 Å². The molecule has 1 atom stereocenters. The number of guanidine groups is 1. The molecule has 10 heteroatoms. The fraction of sp³-hybridized carbons (Fsp3) is 0.789. The summed E-state index contributed by atoms with van der Waals surface area (Å²) in [6.45, 7) is 7.21. The molecule has 1 fully saturated rings. The molecule has 0 aromatic carbocycles. The standard InChI is InChI=1S/C19H33F3N6.HI/c1-4-26(15-19(20,21)22)13-17-7-11-28(14-17)18(23-3)25-8-5-6-10-27-12-9-24-16(27)2;/h9,12,17H,4-8,10-11,13-15H2,1-3H3,(H,23,25);1H. The third-order valence-corrected chi connectivity index (χ3v) is 5.20. The average Bonchev–Trinajstić information content (AvgIpc) is 3.25. The second-order valence-corrected chi connectivity index (χ2v) is 7.39. The van der Waals surface area contributed by atoms with E-state index in [4.69, 9.17) is 0 Å². The maximum Gasteiger partial charge on any atom is 0.401 e. The lowest BCUT2D eigenvalue weighted by molar-refractivity contribution is -0.146. The number of hydrogen-bond donors (Lipinski definition) is 1. The van der Waals surface area contributed by atoms with Gasteiger partial charge in [0.1, 0.15) is 5.82 Å². The molecule has 2 heterocycles. The van der Waals surface area contributed by atoms with Crippen molar-refractivity contribution in [1.29, 1.82) is 0 Å². The van der Waals surface area contributed by atoms with Crippen molar-refractivity contribution in [2.24, 2.45) is 10.9 Å². The van der Waals surface area contributed by atoms with Crippen LogP contribution in [0.5, 0.6) is 0 Å². The molecule has 1 unspecified atom stereocenters. The molecule has 1 N–H and O–H groups in total. The lowest BCUT2D eigenvalue weighted by Gasteiger charge is -2.26. The van der Waals surface area contributed by atoms with Crippen LogP contribution in [0.4, 0.5) is 13.2 Å². The monoisotopic (exact) mass is 530 g/mol. The third-order valence-electron chi connectivity index (χ3n) is 5.20. The van der Waals surface area contributed by atoms with E-state index in [9.17, 15) is 13.2 Å². The zero-order chi connectivity index (χ0) is 20.6. The molecule has 0 saturated carbocycles. The maximum absolute atomic E-state index is 12.7. The molecule has 29 heavy (non-hydrogen) atoms. The molecule has 0 aliphatic carbocycles. The minimum Gasteiger partial charge on any atom is -0.356 e. The summed E-state index contributed by atoms with van der Waals surface area (Å²) in [6.07, 6.45) is 2.63. The summed E-state index contributed by atoms with van der Waals surface area (Å²) < 4.78 is 40.1. The quantitative estimate of drug-likeness (QED) is 0.230. The number of likely N-dealkylation sites (tertiary alicyclic amines) is 1. The van der Waals surface area contributed by atoms with Crippen LogP contribution in [-0.4, -0.2) is 77.8 Å². The van der Waals surface area contributed by atoms with Crippen molar-refractivity contribution >= 4 is 29.9 Å². The zero-order valence-corrected chi connectivity index (χ0v) is 19.9. The summed E-state index contributed by atoms with van der Waals surface area (Å²) >= 11 is 0. The maximum atomic E-state index is 12.7. The number of nitrogens with zero attached hydrogens (tertiary/aromatic N) is 5. The van der Waals surface area contributed by atoms with Gasteiger partial charge in [-0.3, -0.25) is 9.89 Å². The van der Waals surface area contributed by atoms with Crippen molar-refractivity contribution in [2.45, 2.75) is 45.8 Å². The number of imidazole rings is 1. The van der Waals surface area contributed by atoms with Gasteiger partial charge in [0.25, 0.3) is 0 Å². The highest BCUT2D eigenvalue weighted by atomic mass is 127. The Bertz CT molecular complexity index is 619. The number of halogens is 4. The first-order valence-corrected chi connectivity index (χ1v) is 10.0. The molecule has 0 spiro atoms. The van der Waals surface area contributed by atoms with Gasteiger partial charge < -0.3 is 14.8 Å². The number of aromatic nitrogens is 2. The van der Waals surface area contributed by atoms with Crippen LogP contribution >= 0.6 is 24.0 Å². The summed E-state index contributed by atoms with van der Waals surface area (Å²) in [5.74, 6) is 2.11. The van der Waals surface area contributed by atoms with Crippen molar-refractivity contribution in [1.82, 2.24) is 24.7 Å². The average molecular weight is 530 g/mol. The van der Waals surface area contributed by atoms with E-state index in [1.165, 1.54) is 4.90 Å². The molecule has 0 radical (unpaired) electrons. The summed E-state index contributed by atoms with van der Waals surface area (Å²) in [7, 11) is 1.76. The first-order chi connectivity index (χ1) is 13.3. The van der Waals surface area contributed by atoms with Crippen molar-refractivity contribution in [3.8, 4) is 0 Å². The number of alkyl halides is 3. The van der Waals surface area contributed by atoms with Crippen molar-refractivity contribution in [3.05, 3.63) is 18.2 Å². The fourth-order valence-electron chi connectivity index (χ4n) is 3.68. The first-order valence-electron chi connectivity index (χ1n) is 10.0. The van der Waals surface area contributed by atoms with E-state index in [2.05, 4.69) is 24.8 Å². The first kappa shape index (κ1) is 26.0. The Kier molecular flexibility index (Phi) is 11.3. The Hall–Kier alpha value is -1.04. The van der Waals surface area contributed by atoms with Gasteiger partial charge in [0, 0.05) is 52.2 Å². The lowest BCUT2D eigenvalue weighted by Crippen LogP contribution is -2.42. The smallest absolute Gasteiger partial charge is 0.356 e. The van der Waals surface area contributed by atoms with E-state index >= 15 is 0 Å². The van der Waals surface area contributed by atoms with Gasteiger partial charge in [0.15, 0.2) is 5.96 Å². The Balaban J connectivity index is 0.00000420. The van der Waals surface area contributed by atoms with Gasteiger partial charge in [0.05, 0.1) is 6.54 Å². The van der Waals surface area contributed by atoms with Gasteiger partial charge >= 0.3 is 6.18 Å². The van der Waals surface area contributed by atoms with Crippen LogP contribution in [-0.2, 0) is 6.54 Å². The Morgan fingerprint density at radius 3 is 2.72 bits per heavy atom. The molecule has 6 nitrogen and oxygen atoms in total. The van der Waals surface area contributed by atoms with Crippen LogP contribution in [0.1, 0.15) is 32.0 Å². The number of aryl methyl sites for hydroxylation is 2. The molecular weight excluding hydrogens is 496 g/mol. The van der Waals surface area contributed by atoms with Crippen LogP contribution in [0.15, 0.2) is 17.4 Å². The van der Waals surface area contributed by atoms with Crippen LogP contribution in [0, 0.1) is 12.8 Å². The molecule has 1 aromatic heterocycles.